The summed E-state index contributed by atoms with van der Waals surface area (Å²) in [6.45, 7) is 0. The summed E-state index contributed by atoms with van der Waals surface area (Å²) in [7, 11) is 0. The molecule has 7 heteroatoms. The van der Waals surface area contributed by atoms with Gasteiger partial charge in [-0.25, -0.2) is 4.79 Å². The Balaban J connectivity index is 2.02. The van der Waals surface area contributed by atoms with Crippen LogP contribution in [0.3, 0.4) is 0 Å². The van der Waals surface area contributed by atoms with Crippen LogP contribution < -0.4 is 5.69 Å². The molecule has 142 valence electrons. The minimum absolute atomic E-state index is 0.273. The Morgan fingerprint density at radius 1 is 0.793 bits per heavy atom. The number of imidazole rings is 1. The molecule has 0 N–H and O–H groups in total. The van der Waals surface area contributed by atoms with Gasteiger partial charge in [0.25, 0.3) is 0 Å². The molecule has 5 aromatic rings. The van der Waals surface area contributed by atoms with Gasteiger partial charge in [-0.2, -0.15) is 0 Å². The Labute approximate surface area is 180 Å². The molecule has 0 aliphatic carbocycles. The molecule has 2 aromatic heterocycles. The molecule has 0 aliphatic heterocycles. The van der Waals surface area contributed by atoms with Crippen molar-refractivity contribution in [3.8, 4) is 11.4 Å². The van der Waals surface area contributed by atoms with Gasteiger partial charge in [0.1, 0.15) is 0 Å². The molecule has 0 atom stereocenters. The largest absolute Gasteiger partial charge is 0.338 e. The molecule has 5 rings (SSSR count). The van der Waals surface area contributed by atoms with Crippen molar-refractivity contribution in [2.45, 2.75) is 0 Å². The van der Waals surface area contributed by atoms with Crippen molar-refractivity contribution in [3.63, 3.8) is 0 Å². The summed E-state index contributed by atoms with van der Waals surface area (Å²) in [6.07, 6.45) is 1.68. The molecule has 3 aromatic carbocycles. The molecule has 29 heavy (non-hydrogen) atoms. The van der Waals surface area contributed by atoms with Gasteiger partial charge in [-0.05, 0) is 48.5 Å². The van der Waals surface area contributed by atoms with Crippen molar-refractivity contribution in [2.24, 2.45) is 0 Å². The maximum atomic E-state index is 13.6. The van der Waals surface area contributed by atoms with Gasteiger partial charge in [0, 0.05) is 15.4 Å². The van der Waals surface area contributed by atoms with Crippen LogP contribution >= 0.6 is 34.8 Å². The molecule has 2 heterocycles. The second-order valence-corrected chi connectivity index (χ2v) is 7.82. The average molecular weight is 441 g/mol. The van der Waals surface area contributed by atoms with Crippen LogP contribution in [-0.2, 0) is 0 Å². The smallest absolute Gasteiger partial charge is 0.259 e. The van der Waals surface area contributed by atoms with Gasteiger partial charge < -0.3 is 0 Å². The predicted octanol–water partition coefficient (Wildman–Crippen LogP) is 6.29. The van der Waals surface area contributed by atoms with Crippen LogP contribution in [0, 0.1) is 0 Å². The molecule has 0 radical (unpaired) electrons. The maximum Gasteiger partial charge on any atom is 0.338 e. The summed E-state index contributed by atoms with van der Waals surface area (Å²) in [6, 6.07) is 19.8. The lowest BCUT2D eigenvalue weighted by Gasteiger charge is -2.07. The monoisotopic (exact) mass is 439 g/mol. The third-order valence-corrected chi connectivity index (χ3v) is 5.58. The first-order valence-electron chi connectivity index (χ1n) is 8.77. The molecular weight excluding hydrogens is 429 g/mol. The van der Waals surface area contributed by atoms with Crippen molar-refractivity contribution >= 4 is 56.7 Å². The van der Waals surface area contributed by atoms with E-state index in [0.717, 1.165) is 10.9 Å². The maximum absolute atomic E-state index is 13.6. The van der Waals surface area contributed by atoms with Crippen LogP contribution in [0.25, 0.3) is 33.3 Å². The van der Waals surface area contributed by atoms with Gasteiger partial charge in [0.05, 0.1) is 39.1 Å². The summed E-state index contributed by atoms with van der Waals surface area (Å²) < 4.78 is 3.18. The summed E-state index contributed by atoms with van der Waals surface area (Å²) in [5.41, 5.74) is 2.98. The predicted molar refractivity (Wildman–Crippen MR) is 119 cm³/mol. The van der Waals surface area contributed by atoms with Crippen molar-refractivity contribution in [2.75, 3.05) is 0 Å². The standard InChI is InChI=1S/C22H12Cl3N3O/c23-13-4-3-5-15(10-13)27-20-12-26-18-9-8-14(24)11-16(18)21(20)28(22(27)29)19-7-2-1-6-17(19)25/h1-12H. The molecule has 0 aliphatic rings. The summed E-state index contributed by atoms with van der Waals surface area (Å²) >= 11 is 18.9. The molecule has 0 amide bonds. The molecule has 0 fully saturated rings. The van der Waals surface area contributed by atoms with Gasteiger partial charge in [-0.15, -0.1) is 0 Å². The highest BCUT2D eigenvalue weighted by molar-refractivity contribution is 6.33. The SMILES string of the molecule is O=c1n(-c2cccc(Cl)c2)c2cnc3ccc(Cl)cc3c2n1-c1ccccc1Cl. The third kappa shape index (κ3) is 2.92. The quantitative estimate of drug-likeness (QED) is 0.323. The molecule has 4 nitrogen and oxygen atoms in total. The zero-order chi connectivity index (χ0) is 20.1. The highest BCUT2D eigenvalue weighted by Gasteiger charge is 2.20. The number of hydrogen-bond acceptors (Lipinski definition) is 2. The Bertz CT molecular complexity index is 1470. The van der Waals surface area contributed by atoms with E-state index in [-0.39, 0.29) is 5.69 Å². The van der Waals surface area contributed by atoms with Gasteiger partial charge in [0.2, 0.25) is 0 Å². The van der Waals surface area contributed by atoms with Crippen LogP contribution in [0.4, 0.5) is 0 Å². The lowest BCUT2D eigenvalue weighted by molar-refractivity contribution is 0.931. The van der Waals surface area contributed by atoms with E-state index in [4.69, 9.17) is 34.8 Å². The van der Waals surface area contributed by atoms with E-state index in [1.165, 1.54) is 0 Å². The molecule has 0 spiro atoms. The Morgan fingerprint density at radius 3 is 2.38 bits per heavy atom. The van der Waals surface area contributed by atoms with Crippen LogP contribution in [-0.4, -0.2) is 14.1 Å². The van der Waals surface area contributed by atoms with E-state index < -0.39 is 0 Å². The van der Waals surface area contributed by atoms with Gasteiger partial charge in [-0.1, -0.05) is 53.0 Å². The van der Waals surface area contributed by atoms with E-state index in [9.17, 15) is 4.79 Å². The van der Waals surface area contributed by atoms with Gasteiger partial charge >= 0.3 is 5.69 Å². The zero-order valence-corrected chi connectivity index (χ0v) is 17.1. The number of rotatable bonds is 2. The topological polar surface area (TPSA) is 39.8 Å². The van der Waals surface area contributed by atoms with E-state index >= 15 is 0 Å². The number of aromatic nitrogens is 3. The highest BCUT2D eigenvalue weighted by Crippen LogP contribution is 2.31. The zero-order valence-electron chi connectivity index (χ0n) is 14.8. The molecule has 0 bridgehead atoms. The third-order valence-electron chi connectivity index (χ3n) is 4.79. The molecule has 0 saturated carbocycles. The lowest BCUT2D eigenvalue weighted by atomic mass is 10.2. The normalized spacial score (nSPS) is 11.4. The average Bonchev–Trinajstić information content (AvgIpc) is 3.00. The molecule has 0 saturated heterocycles. The molecular formula is C22H12Cl3N3O. The fraction of sp³-hybridized carbons (Fsp3) is 0. The summed E-state index contributed by atoms with van der Waals surface area (Å²) in [5.74, 6) is 0. The van der Waals surface area contributed by atoms with Crippen LogP contribution in [0.15, 0.2) is 77.7 Å². The van der Waals surface area contributed by atoms with Crippen LogP contribution in [0.5, 0.6) is 0 Å². The fourth-order valence-corrected chi connectivity index (χ4v) is 4.14. The number of hydrogen-bond donors (Lipinski definition) is 0. The first kappa shape index (κ1) is 18.3. The second kappa shape index (κ2) is 6.92. The highest BCUT2D eigenvalue weighted by atomic mass is 35.5. The van der Waals surface area contributed by atoms with Crippen molar-refractivity contribution in [1.29, 1.82) is 0 Å². The lowest BCUT2D eigenvalue weighted by Crippen LogP contribution is -2.22. The molecule has 0 unspecified atom stereocenters. The number of nitrogens with zero attached hydrogens (tertiary/aromatic N) is 3. The Morgan fingerprint density at radius 2 is 1.59 bits per heavy atom. The van der Waals surface area contributed by atoms with E-state index in [1.807, 2.05) is 30.3 Å². The number of benzene rings is 3. The van der Waals surface area contributed by atoms with E-state index in [0.29, 0.717) is 37.5 Å². The Hall–Kier alpha value is -2.79. The minimum Gasteiger partial charge on any atom is -0.259 e. The minimum atomic E-state index is -0.273. The van der Waals surface area contributed by atoms with Crippen LogP contribution in [0.1, 0.15) is 0 Å². The first-order valence-corrected chi connectivity index (χ1v) is 9.90. The van der Waals surface area contributed by atoms with Gasteiger partial charge in [-0.3, -0.25) is 14.1 Å². The van der Waals surface area contributed by atoms with Gasteiger partial charge in [0.15, 0.2) is 0 Å². The van der Waals surface area contributed by atoms with Crippen LogP contribution in [0.2, 0.25) is 15.1 Å². The van der Waals surface area contributed by atoms with Crippen molar-refractivity contribution in [1.82, 2.24) is 14.1 Å². The summed E-state index contributed by atoms with van der Waals surface area (Å²) in [4.78, 5) is 18.2. The Kier molecular flexibility index (Phi) is 4.36. The number of pyridine rings is 1. The van der Waals surface area contributed by atoms with E-state index in [2.05, 4.69) is 4.98 Å². The first-order chi connectivity index (χ1) is 14.0. The van der Waals surface area contributed by atoms with Crippen molar-refractivity contribution < 1.29 is 0 Å². The number of halogens is 3. The van der Waals surface area contributed by atoms with Crippen molar-refractivity contribution in [3.05, 3.63) is 98.5 Å². The van der Waals surface area contributed by atoms with E-state index in [1.54, 1.807) is 51.7 Å². The fourth-order valence-electron chi connectivity index (χ4n) is 3.56. The second-order valence-electron chi connectivity index (χ2n) is 6.54. The number of fused-ring (bicyclic) bond motifs is 3. The summed E-state index contributed by atoms with van der Waals surface area (Å²) in [5, 5.41) is 2.31. The number of para-hydroxylation sites is 1.